The second-order valence-electron chi connectivity index (χ2n) is 8.02. The summed E-state index contributed by atoms with van der Waals surface area (Å²) in [7, 11) is 1.22. The van der Waals surface area contributed by atoms with E-state index >= 15 is 0 Å². The summed E-state index contributed by atoms with van der Waals surface area (Å²) in [5.74, 6) is -2.03. The molecule has 0 aliphatic carbocycles. The van der Waals surface area contributed by atoms with E-state index in [-0.39, 0.29) is 23.9 Å². The highest BCUT2D eigenvalue weighted by molar-refractivity contribution is 6.06. The van der Waals surface area contributed by atoms with Gasteiger partial charge in [0.2, 0.25) is 11.8 Å². The Morgan fingerprint density at radius 1 is 1.22 bits per heavy atom. The lowest BCUT2D eigenvalue weighted by atomic mass is 9.64. The van der Waals surface area contributed by atoms with Crippen LogP contribution in [0.2, 0.25) is 0 Å². The number of rotatable bonds is 3. The fourth-order valence-corrected chi connectivity index (χ4v) is 3.75. The Bertz CT molecular complexity index is 670. The van der Waals surface area contributed by atoms with E-state index in [0.29, 0.717) is 25.9 Å². The van der Waals surface area contributed by atoms with Crippen molar-refractivity contribution in [3.63, 3.8) is 0 Å². The molecular formula is C19H28N2O6. The smallest absolute Gasteiger partial charge is 0.335 e. The molecule has 1 N–H and O–H groups in total. The number of amides is 2. The summed E-state index contributed by atoms with van der Waals surface area (Å²) in [5, 5.41) is 2.68. The first-order valence-corrected chi connectivity index (χ1v) is 9.08. The van der Waals surface area contributed by atoms with Crippen LogP contribution in [0.25, 0.3) is 0 Å². The van der Waals surface area contributed by atoms with Crippen molar-refractivity contribution in [2.24, 2.45) is 11.3 Å². The van der Waals surface area contributed by atoms with Gasteiger partial charge in [-0.15, -0.1) is 0 Å². The van der Waals surface area contributed by atoms with Crippen molar-refractivity contribution in [1.29, 1.82) is 0 Å². The van der Waals surface area contributed by atoms with Gasteiger partial charge in [0.15, 0.2) is 0 Å². The van der Waals surface area contributed by atoms with Gasteiger partial charge < -0.3 is 19.7 Å². The van der Waals surface area contributed by atoms with Gasteiger partial charge in [-0.3, -0.25) is 14.4 Å². The molecule has 2 amide bonds. The van der Waals surface area contributed by atoms with E-state index in [1.54, 1.807) is 25.7 Å². The SMILES string of the molecule is COC(=O)C1=CC(=O)NCC1(C(=O)OC(C)(C)C)C1CCN(C(C)=O)CC1. The number of methoxy groups -OCH3 is 1. The highest BCUT2D eigenvalue weighted by Crippen LogP contribution is 2.45. The zero-order valence-corrected chi connectivity index (χ0v) is 16.6. The van der Waals surface area contributed by atoms with Gasteiger partial charge in [-0.25, -0.2) is 4.79 Å². The standard InChI is InChI=1S/C19H28N2O6/c1-12(22)21-8-6-13(7-9-21)19(17(25)27-18(2,3)4)11-20-15(23)10-14(19)16(24)26-5/h10,13H,6-9,11H2,1-5H3,(H,20,23). The Balaban J connectivity index is 2.47. The first-order valence-electron chi connectivity index (χ1n) is 9.08. The minimum Gasteiger partial charge on any atom is -0.466 e. The molecule has 2 aliphatic heterocycles. The molecule has 0 spiro atoms. The molecule has 2 rings (SSSR count). The molecule has 0 aromatic heterocycles. The Morgan fingerprint density at radius 2 is 1.81 bits per heavy atom. The third-order valence-electron chi connectivity index (χ3n) is 5.10. The van der Waals surface area contributed by atoms with E-state index in [1.807, 2.05) is 0 Å². The van der Waals surface area contributed by atoms with Crippen molar-refractivity contribution in [1.82, 2.24) is 10.2 Å². The van der Waals surface area contributed by atoms with Gasteiger partial charge in [-0.1, -0.05) is 0 Å². The van der Waals surface area contributed by atoms with Gasteiger partial charge in [0, 0.05) is 32.6 Å². The first-order chi connectivity index (χ1) is 12.5. The normalized spacial score (nSPS) is 24.0. The average molecular weight is 380 g/mol. The second-order valence-corrected chi connectivity index (χ2v) is 8.02. The number of piperidine rings is 1. The Hall–Kier alpha value is -2.38. The van der Waals surface area contributed by atoms with Crippen molar-refractivity contribution < 1.29 is 28.7 Å². The van der Waals surface area contributed by atoms with Crippen LogP contribution in [0, 0.1) is 11.3 Å². The fourth-order valence-electron chi connectivity index (χ4n) is 3.75. The molecule has 0 aromatic rings. The molecule has 1 atom stereocenters. The highest BCUT2D eigenvalue weighted by atomic mass is 16.6. The predicted molar refractivity (Wildman–Crippen MR) is 96.4 cm³/mol. The number of carbonyl (C=O) groups excluding carboxylic acids is 4. The molecule has 1 unspecified atom stereocenters. The van der Waals surface area contributed by atoms with Crippen molar-refractivity contribution in [3.05, 3.63) is 11.6 Å². The van der Waals surface area contributed by atoms with Crippen molar-refractivity contribution in [2.75, 3.05) is 26.7 Å². The summed E-state index contributed by atoms with van der Waals surface area (Å²) in [6.45, 7) is 7.68. The summed E-state index contributed by atoms with van der Waals surface area (Å²) >= 11 is 0. The van der Waals surface area contributed by atoms with Crippen LogP contribution in [0.15, 0.2) is 11.6 Å². The lowest BCUT2D eigenvalue weighted by Gasteiger charge is -2.45. The van der Waals surface area contributed by atoms with Crippen LogP contribution in [0.5, 0.6) is 0 Å². The molecule has 2 heterocycles. The minimum absolute atomic E-state index is 0.0178. The van der Waals surface area contributed by atoms with Gasteiger partial charge in [0.25, 0.3) is 0 Å². The summed E-state index contributed by atoms with van der Waals surface area (Å²) in [4.78, 5) is 51.0. The molecule has 0 aromatic carbocycles. The van der Waals surface area contributed by atoms with E-state index in [9.17, 15) is 19.2 Å². The predicted octanol–water partition coefficient (Wildman–Crippen LogP) is 0.802. The highest BCUT2D eigenvalue weighted by Gasteiger charge is 2.55. The molecule has 150 valence electrons. The molecule has 1 fully saturated rings. The zero-order valence-electron chi connectivity index (χ0n) is 16.6. The van der Waals surface area contributed by atoms with Crippen LogP contribution in [-0.4, -0.2) is 61.0 Å². The van der Waals surface area contributed by atoms with E-state index in [0.717, 1.165) is 6.08 Å². The number of carbonyl (C=O) groups is 4. The second kappa shape index (κ2) is 7.70. The monoisotopic (exact) mass is 380 g/mol. The lowest BCUT2D eigenvalue weighted by Crippen LogP contribution is -2.57. The van der Waals surface area contributed by atoms with Crippen LogP contribution < -0.4 is 5.32 Å². The quantitative estimate of drug-likeness (QED) is 0.727. The molecule has 8 heteroatoms. The summed E-state index contributed by atoms with van der Waals surface area (Å²) in [6.07, 6.45) is 2.17. The van der Waals surface area contributed by atoms with Gasteiger partial charge in [0.1, 0.15) is 11.0 Å². The topological polar surface area (TPSA) is 102 Å². The molecule has 2 aliphatic rings. The summed E-state index contributed by atoms with van der Waals surface area (Å²) in [6, 6.07) is 0. The molecule has 27 heavy (non-hydrogen) atoms. The average Bonchev–Trinajstić information content (AvgIpc) is 2.59. The number of esters is 2. The maximum atomic E-state index is 13.3. The number of nitrogens with zero attached hydrogens (tertiary/aromatic N) is 1. The summed E-state index contributed by atoms with van der Waals surface area (Å²) in [5.41, 5.74) is -2.08. The van der Waals surface area contributed by atoms with E-state index in [4.69, 9.17) is 9.47 Å². The Morgan fingerprint density at radius 3 is 2.30 bits per heavy atom. The Kier molecular flexibility index (Phi) is 5.97. The zero-order chi connectivity index (χ0) is 20.4. The van der Waals surface area contributed by atoms with Crippen LogP contribution >= 0.6 is 0 Å². The van der Waals surface area contributed by atoms with Crippen molar-refractivity contribution >= 4 is 23.8 Å². The molecule has 0 bridgehead atoms. The first kappa shape index (κ1) is 20.9. The third-order valence-corrected chi connectivity index (χ3v) is 5.10. The molecule has 1 saturated heterocycles. The third kappa shape index (κ3) is 4.31. The van der Waals surface area contributed by atoms with Crippen LogP contribution in [0.1, 0.15) is 40.5 Å². The van der Waals surface area contributed by atoms with Gasteiger partial charge in [-0.2, -0.15) is 0 Å². The number of likely N-dealkylation sites (tertiary alicyclic amines) is 1. The minimum atomic E-state index is -1.34. The molecular weight excluding hydrogens is 352 g/mol. The molecule has 0 radical (unpaired) electrons. The number of ether oxygens (including phenoxy) is 2. The largest absolute Gasteiger partial charge is 0.466 e. The maximum absolute atomic E-state index is 13.3. The van der Waals surface area contributed by atoms with Crippen LogP contribution in [-0.2, 0) is 28.7 Å². The number of hydrogen-bond acceptors (Lipinski definition) is 6. The van der Waals surface area contributed by atoms with E-state index in [1.165, 1.54) is 14.0 Å². The van der Waals surface area contributed by atoms with E-state index in [2.05, 4.69) is 5.32 Å². The van der Waals surface area contributed by atoms with Gasteiger partial charge >= 0.3 is 11.9 Å². The maximum Gasteiger partial charge on any atom is 0.335 e. The van der Waals surface area contributed by atoms with Crippen molar-refractivity contribution in [2.45, 2.75) is 46.1 Å². The van der Waals surface area contributed by atoms with Crippen molar-refractivity contribution in [3.8, 4) is 0 Å². The number of nitrogens with one attached hydrogen (secondary N) is 1. The molecule has 0 saturated carbocycles. The lowest BCUT2D eigenvalue weighted by molar-refractivity contribution is -0.172. The van der Waals surface area contributed by atoms with Gasteiger partial charge in [0.05, 0.1) is 12.7 Å². The Labute approximate surface area is 159 Å². The summed E-state index contributed by atoms with van der Waals surface area (Å²) < 4.78 is 10.5. The van der Waals surface area contributed by atoms with E-state index < -0.39 is 28.9 Å². The fraction of sp³-hybridized carbons (Fsp3) is 0.684. The van der Waals surface area contributed by atoms with Crippen LogP contribution in [0.3, 0.4) is 0 Å². The van der Waals surface area contributed by atoms with Crippen LogP contribution in [0.4, 0.5) is 0 Å². The van der Waals surface area contributed by atoms with Gasteiger partial charge in [-0.05, 0) is 39.5 Å². The molecule has 8 nitrogen and oxygen atoms in total. The number of hydrogen-bond donors (Lipinski definition) is 1.